The molecule has 16 heavy (non-hydrogen) atoms. The molecular weight excluding hydrogens is 218 g/mol. The number of thiazole rings is 1. The molecule has 92 valence electrons. The van der Waals surface area contributed by atoms with Gasteiger partial charge in [-0.05, 0) is 34.2 Å². The molecule has 0 amide bonds. The predicted molar refractivity (Wildman–Crippen MR) is 70.9 cm³/mol. The molecule has 1 heterocycles. The van der Waals surface area contributed by atoms with E-state index in [1.54, 1.807) is 11.3 Å². The van der Waals surface area contributed by atoms with E-state index in [1.165, 1.54) is 0 Å². The average Bonchev–Trinajstić information content (AvgIpc) is 2.68. The van der Waals surface area contributed by atoms with E-state index in [9.17, 15) is 0 Å². The number of rotatable bonds is 6. The van der Waals surface area contributed by atoms with Crippen LogP contribution in [0.3, 0.4) is 0 Å². The van der Waals surface area contributed by atoms with E-state index in [2.05, 4.69) is 50.2 Å². The van der Waals surface area contributed by atoms with Crippen molar-refractivity contribution >= 4 is 11.3 Å². The lowest BCUT2D eigenvalue weighted by molar-refractivity contribution is 0.307. The van der Waals surface area contributed by atoms with E-state index in [-0.39, 0.29) is 11.1 Å². The average molecular weight is 241 g/mol. The molecule has 0 bridgehead atoms. The molecule has 2 N–H and O–H groups in total. The minimum atomic E-state index is -0.0547. The molecule has 0 saturated heterocycles. The minimum Gasteiger partial charge on any atom is -0.311 e. The van der Waals surface area contributed by atoms with Crippen LogP contribution in [-0.4, -0.2) is 23.6 Å². The standard InChI is InChI=1S/C12H23N3S/c1-6-14-11(2,3)9-15-12(4,5)10-13-7-8-16-10/h7-8,14-15H,6,9H2,1-5H3. The summed E-state index contributed by atoms with van der Waals surface area (Å²) >= 11 is 1.70. The lowest BCUT2D eigenvalue weighted by atomic mass is 10.0. The Bertz CT molecular complexity index is 304. The van der Waals surface area contributed by atoms with E-state index in [1.807, 2.05) is 11.6 Å². The van der Waals surface area contributed by atoms with E-state index in [0.717, 1.165) is 18.1 Å². The summed E-state index contributed by atoms with van der Waals surface area (Å²) in [5.41, 5.74) is 0.0597. The molecular formula is C12H23N3S. The molecule has 0 atom stereocenters. The highest BCUT2D eigenvalue weighted by atomic mass is 32.1. The predicted octanol–water partition coefficient (Wildman–Crippen LogP) is 2.36. The van der Waals surface area contributed by atoms with Crippen LogP contribution in [0.2, 0.25) is 0 Å². The van der Waals surface area contributed by atoms with Gasteiger partial charge in [0.25, 0.3) is 0 Å². The number of hydrogen-bond acceptors (Lipinski definition) is 4. The quantitative estimate of drug-likeness (QED) is 0.803. The summed E-state index contributed by atoms with van der Waals surface area (Å²) in [6.07, 6.45) is 1.86. The minimum absolute atomic E-state index is 0.0547. The van der Waals surface area contributed by atoms with Crippen molar-refractivity contribution in [1.82, 2.24) is 15.6 Å². The molecule has 0 unspecified atom stereocenters. The lowest BCUT2D eigenvalue weighted by Crippen LogP contribution is -2.51. The Morgan fingerprint density at radius 3 is 2.44 bits per heavy atom. The second-order valence-electron chi connectivity index (χ2n) is 5.23. The van der Waals surface area contributed by atoms with Crippen LogP contribution >= 0.6 is 11.3 Å². The van der Waals surface area contributed by atoms with Gasteiger partial charge < -0.3 is 10.6 Å². The fraction of sp³-hybridized carbons (Fsp3) is 0.750. The molecule has 0 aliphatic heterocycles. The maximum Gasteiger partial charge on any atom is 0.112 e. The van der Waals surface area contributed by atoms with Crippen molar-refractivity contribution in [2.24, 2.45) is 0 Å². The zero-order valence-corrected chi connectivity index (χ0v) is 11.7. The third-order valence-corrected chi connectivity index (χ3v) is 3.69. The van der Waals surface area contributed by atoms with E-state index in [0.29, 0.717) is 0 Å². The monoisotopic (exact) mass is 241 g/mol. The van der Waals surface area contributed by atoms with Crippen LogP contribution in [-0.2, 0) is 5.54 Å². The molecule has 0 fully saturated rings. The summed E-state index contributed by atoms with van der Waals surface area (Å²) in [5.74, 6) is 0. The van der Waals surface area contributed by atoms with Crippen molar-refractivity contribution in [1.29, 1.82) is 0 Å². The zero-order chi connectivity index (χ0) is 12.2. The van der Waals surface area contributed by atoms with E-state index >= 15 is 0 Å². The first kappa shape index (κ1) is 13.6. The van der Waals surface area contributed by atoms with Gasteiger partial charge in [0.1, 0.15) is 5.01 Å². The van der Waals surface area contributed by atoms with Crippen LogP contribution < -0.4 is 10.6 Å². The van der Waals surface area contributed by atoms with Crippen LogP contribution in [0.5, 0.6) is 0 Å². The first-order valence-electron chi connectivity index (χ1n) is 5.77. The van der Waals surface area contributed by atoms with Gasteiger partial charge in [-0.2, -0.15) is 0 Å². The molecule has 0 aliphatic carbocycles. The third kappa shape index (κ3) is 3.85. The van der Waals surface area contributed by atoms with Crippen molar-refractivity contribution in [2.45, 2.75) is 45.7 Å². The lowest BCUT2D eigenvalue weighted by Gasteiger charge is -2.32. The second kappa shape index (κ2) is 5.25. The third-order valence-electron chi connectivity index (χ3n) is 2.59. The SMILES string of the molecule is CCNC(C)(C)CNC(C)(C)c1nccs1. The Kier molecular flexibility index (Phi) is 4.47. The molecule has 1 aromatic rings. The Balaban J connectivity index is 2.54. The molecule has 0 saturated carbocycles. The summed E-state index contributed by atoms with van der Waals surface area (Å²) < 4.78 is 0. The molecule has 0 aromatic carbocycles. The fourth-order valence-electron chi connectivity index (χ4n) is 1.59. The maximum atomic E-state index is 4.37. The fourth-order valence-corrected chi connectivity index (χ4v) is 2.33. The van der Waals surface area contributed by atoms with Gasteiger partial charge in [-0.25, -0.2) is 4.98 Å². The van der Waals surface area contributed by atoms with Crippen molar-refractivity contribution in [3.05, 3.63) is 16.6 Å². The Hall–Kier alpha value is -0.450. The smallest absolute Gasteiger partial charge is 0.112 e. The number of nitrogens with one attached hydrogen (secondary N) is 2. The normalized spacial score (nSPS) is 13.1. The van der Waals surface area contributed by atoms with Crippen LogP contribution in [0, 0.1) is 0 Å². The number of likely N-dealkylation sites (N-methyl/N-ethyl adjacent to an activating group) is 1. The van der Waals surface area contributed by atoms with Crippen LogP contribution in [0.1, 0.15) is 39.6 Å². The zero-order valence-electron chi connectivity index (χ0n) is 10.9. The molecule has 4 heteroatoms. The van der Waals surface area contributed by atoms with Crippen molar-refractivity contribution in [2.75, 3.05) is 13.1 Å². The largest absolute Gasteiger partial charge is 0.311 e. The van der Waals surface area contributed by atoms with Crippen molar-refractivity contribution in [3.8, 4) is 0 Å². The van der Waals surface area contributed by atoms with Gasteiger partial charge in [0.15, 0.2) is 0 Å². The molecule has 0 aliphatic rings. The van der Waals surface area contributed by atoms with E-state index in [4.69, 9.17) is 0 Å². The Morgan fingerprint density at radius 1 is 1.25 bits per heavy atom. The van der Waals surface area contributed by atoms with Crippen LogP contribution in [0.4, 0.5) is 0 Å². The first-order chi connectivity index (χ1) is 7.37. The topological polar surface area (TPSA) is 37.0 Å². The summed E-state index contributed by atoms with van der Waals surface area (Å²) in [6, 6.07) is 0. The van der Waals surface area contributed by atoms with Crippen molar-refractivity contribution in [3.63, 3.8) is 0 Å². The van der Waals surface area contributed by atoms with Gasteiger partial charge in [0.05, 0.1) is 5.54 Å². The van der Waals surface area contributed by atoms with Crippen molar-refractivity contribution < 1.29 is 0 Å². The van der Waals surface area contributed by atoms with Crippen LogP contribution in [0.25, 0.3) is 0 Å². The second-order valence-corrected chi connectivity index (χ2v) is 6.12. The summed E-state index contributed by atoms with van der Waals surface area (Å²) in [7, 11) is 0. The maximum absolute atomic E-state index is 4.37. The Labute approximate surface area is 103 Å². The number of hydrogen-bond donors (Lipinski definition) is 2. The summed E-state index contributed by atoms with van der Waals surface area (Å²) in [5, 5.41) is 10.2. The van der Waals surface area contributed by atoms with Gasteiger partial charge in [-0.1, -0.05) is 6.92 Å². The summed E-state index contributed by atoms with van der Waals surface area (Å²) in [6.45, 7) is 12.8. The highest BCUT2D eigenvalue weighted by Gasteiger charge is 2.26. The highest BCUT2D eigenvalue weighted by Crippen LogP contribution is 2.22. The number of nitrogens with zero attached hydrogens (tertiary/aromatic N) is 1. The van der Waals surface area contributed by atoms with Gasteiger partial charge in [-0.3, -0.25) is 0 Å². The van der Waals surface area contributed by atoms with Crippen LogP contribution in [0.15, 0.2) is 11.6 Å². The van der Waals surface area contributed by atoms with Gasteiger partial charge >= 0.3 is 0 Å². The van der Waals surface area contributed by atoms with E-state index < -0.39 is 0 Å². The molecule has 0 spiro atoms. The summed E-state index contributed by atoms with van der Waals surface area (Å²) in [4.78, 5) is 4.37. The van der Waals surface area contributed by atoms with Gasteiger partial charge in [-0.15, -0.1) is 11.3 Å². The first-order valence-corrected chi connectivity index (χ1v) is 6.65. The number of aromatic nitrogens is 1. The highest BCUT2D eigenvalue weighted by molar-refractivity contribution is 7.09. The molecule has 1 aromatic heterocycles. The Morgan fingerprint density at radius 2 is 1.94 bits per heavy atom. The molecule has 1 rings (SSSR count). The van der Waals surface area contributed by atoms with Gasteiger partial charge in [0.2, 0.25) is 0 Å². The van der Waals surface area contributed by atoms with Gasteiger partial charge in [0, 0.05) is 23.7 Å². The molecule has 3 nitrogen and oxygen atoms in total. The molecule has 0 radical (unpaired) electrons.